The van der Waals surface area contributed by atoms with Crippen LogP contribution in [0.1, 0.15) is 143 Å². The molecular formula is C58H67F5N10O6. The highest BCUT2D eigenvalue weighted by Crippen LogP contribution is 2.49. The van der Waals surface area contributed by atoms with Crippen molar-refractivity contribution >= 4 is 57.4 Å². The number of hydrogen-bond donors (Lipinski definition) is 4. The van der Waals surface area contributed by atoms with Crippen molar-refractivity contribution < 1.29 is 50.6 Å². The van der Waals surface area contributed by atoms with E-state index in [1.54, 1.807) is 14.7 Å². The number of piperidine rings is 1. The Balaban J connectivity index is 0.957. The Morgan fingerprint density at radius 3 is 1.46 bits per heavy atom. The normalized spacial score (nSPS) is 20.9. The summed E-state index contributed by atoms with van der Waals surface area (Å²) in [6, 6.07) is 16.6. The summed E-state index contributed by atoms with van der Waals surface area (Å²) < 4.78 is 83.3. The third-order valence-corrected chi connectivity index (χ3v) is 16.5. The van der Waals surface area contributed by atoms with Gasteiger partial charge in [0.25, 0.3) is 0 Å². The summed E-state index contributed by atoms with van der Waals surface area (Å²) >= 11 is 0. The van der Waals surface area contributed by atoms with Crippen molar-refractivity contribution in [2.24, 2.45) is 11.8 Å². The van der Waals surface area contributed by atoms with Gasteiger partial charge in [-0.25, -0.2) is 28.3 Å². The number of hydrogen-bond acceptors (Lipinski definition) is 10. The van der Waals surface area contributed by atoms with Crippen LogP contribution in [0.2, 0.25) is 0 Å². The fourth-order valence-corrected chi connectivity index (χ4v) is 12.4. The third-order valence-electron chi connectivity index (χ3n) is 16.5. The number of amides is 4. The van der Waals surface area contributed by atoms with Crippen molar-refractivity contribution in [2.45, 2.75) is 127 Å². The minimum atomic E-state index is -4.45. The second-order valence-electron chi connectivity index (χ2n) is 22.0. The van der Waals surface area contributed by atoms with Crippen LogP contribution >= 0.6 is 0 Å². The molecule has 0 saturated carbocycles. The summed E-state index contributed by atoms with van der Waals surface area (Å²) in [4.78, 5) is 76.7. The summed E-state index contributed by atoms with van der Waals surface area (Å²) in [5, 5.41) is 5.39. The van der Waals surface area contributed by atoms with Crippen molar-refractivity contribution in [1.82, 2.24) is 40.4 Å². The Hall–Kier alpha value is -7.45. The highest BCUT2D eigenvalue weighted by molar-refractivity contribution is 5.88. The first-order valence-corrected chi connectivity index (χ1v) is 27.3. The van der Waals surface area contributed by atoms with Gasteiger partial charge in [-0.15, -0.1) is 0 Å². The Labute approximate surface area is 454 Å². The van der Waals surface area contributed by atoms with Crippen LogP contribution in [-0.2, 0) is 25.2 Å². The lowest BCUT2D eigenvalue weighted by Crippen LogP contribution is -2.51. The molecule has 420 valence electrons. The number of benzene rings is 4. The summed E-state index contributed by atoms with van der Waals surface area (Å²) in [5.41, 5.74) is 4.73. The monoisotopic (exact) mass is 1090 g/mol. The zero-order chi connectivity index (χ0) is 56.0. The second kappa shape index (κ2) is 22.4. The number of likely N-dealkylation sites (tertiary alicyclic amines) is 2. The molecule has 16 nitrogen and oxygen atoms in total. The Bertz CT molecular complexity index is 3060. The maximum absolute atomic E-state index is 16.9. The molecule has 21 heteroatoms. The SMILES string of the molecule is COC(=O)N[C@H](C(=O)N1CCC[C@H]1c1nc2cc([C@H]3CC[C@H](c4ccc5[nH]c([C@@H]6CCCN6C(=O)[C@@H](NC(=O)OC)C(C)C)nc5c4)N3c3cc(F)c(N4CCC(c5ccc(C(F)(F)F)cc5)CC4)c(F)c3)ccc2[nH]1)C(C)C. The van der Waals surface area contributed by atoms with Crippen molar-refractivity contribution in [1.29, 1.82) is 0 Å². The quantitative estimate of drug-likeness (QED) is 0.0813. The molecule has 0 aliphatic carbocycles. The standard InChI is InChI=1S/C58H67F5N10O6/c1-31(2)49(68-56(76)78-5)54(74)71-23-7-9-47(71)52-64-41-17-13-35(27-43(41)66-52)45-19-20-46(36-14-18-42-44(28-36)67-53(65-42)48-10-8-24-72(48)55(75)50(32(3)4)69-57(77)79-6)73(45)38-29-39(59)51(40(60)30-38)70-25-21-34(22-26-70)33-11-15-37(16-12-33)58(61,62)63/h11-18,27-32,34,45-50H,7-10,19-26H2,1-6H3,(H,64,66)(H,65,67)(H,68,76)(H,69,77)/t45-,46-,47+,48+,49+,50+/m1/s1. The van der Waals surface area contributed by atoms with Crippen LogP contribution in [0.25, 0.3) is 22.1 Å². The van der Waals surface area contributed by atoms with Crippen molar-refractivity contribution in [2.75, 3.05) is 50.2 Å². The van der Waals surface area contributed by atoms with E-state index in [2.05, 4.69) is 25.5 Å². The van der Waals surface area contributed by atoms with E-state index in [4.69, 9.17) is 19.4 Å². The molecule has 6 heterocycles. The summed E-state index contributed by atoms with van der Waals surface area (Å²) in [6.07, 6.45) is -0.822. The molecule has 6 atom stereocenters. The smallest absolute Gasteiger partial charge is 0.416 e. The van der Waals surface area contributed by atoms with Crippen molar-refractivity contribution in [3.05, 3.63) is 118 Å². The van der Waals surface area contributed by atoms with Crippen LogP contribution in [0.3, 0.4) is 0 Å². The van der Waals surface area contributed by atoms with Gasteiger partial charge in [-0.2, -0.15) is 13.2 Å². The number of carbonyl (C=O) groups is 4. The lowest BCUT2D eigenvalue weighted by atomic mass is 9.88. The largest absolute Gasteiger partial charge is 0.453 e. The van der Waals surface area contributed by atoms with Gasteiger partial charge in [-0.3, -0.25) is 9.59 Å². The number of fused-ring (bicyclic) bond motifs is 2. The van der Waals surface area contributed by atoms with Gasteiger partial charge < -0.3 is 49.7 Å². The molecule has 0 unspecified atom stereocenters. The molecule has 4 aliphatic heterocycles. The number of imidazole rings is 2. The van der Waals surface area contributed by atoms with Gasteiger partial charge in [-0.05, 0) is 134 Å². The number of anilines is 2. The van der Waals surface area contributed by atoms with Crippen molar-refractivity contribution in [3.63, 3.8) is 0 Å². The average molecular weight is 1100 g/mol. The van der Waals surface area contributed by atoms with E-state index >= 15 is 8.78 Å². The fraction of sp³-hybridized carbons (Fsp3) is 0.483. The van der Waals surface area contributed by atoms with Gasteiger partial charge in [-0.1, -0.05) is 52.0 Å². The zero-order valence-corrected chi connectivity index (χ0v) is 45.1. The summed E-state index contributed by atoms with van der Waals surface area (Å²) in [5.74, 6) is -1.18. The number of methoxy groups -OCH3 is 2. The fourth-order valence-electron chi connectivity index (χ4n) is 12.4. The predicted octanol–water partition coefficient (Wildman–Crippen LogP) is 11.3. The molecule has 4 saturated heterocycles. The molecule has 6 aromatic rings. The number of alkyl halides is 3. The maximum atomic E-state index is 16.9. The first-order chi connectivity index (χ1) is 37.8. The number of carbonyl (C=O) groups excluding carboxylic acids is 4. The van der Waals surface area contributed by atoms with E-state index in [9.17, 15) is 32.3 Å². The Kier molecular flexibility index (Phi) is 15.5. The molecule has 4 fully saturated rings. The first kappa shape index (κ1) is 54.9. The van der Waals surface area contributed by atoms with Crippen LogP contribution in [0, 0.1) is 23.5 Å². The van der Waals surface area contributed by atoms with Crippen LogP contribution in [-0.4, -0.2) is 106 Å². The van der Waals surface area contributed by atoms with E-state index < -0.39 is 47.6 Å². The minimum Gasteiger partial charge on any atom is -0.453 e. The number of aromatic nitrogens is 4. The van der Waals surface area contributed by atoms with E-state index in [1.165, 1.54) is 38.5 Å². The number of ether oxygens (including phenoxy) is 2. The van der Waals surface area contributed by atoms with Gasteiger partial charge in [0.15, 0.2) is 11.6 Å². The minimum absolute atomic E-state index is 0.0692. The zero-order valence-electron chi connectivity index (χ0n) is 45.1. The molecule has 79 heavy (non-hydrogen) atoms. The molecule has 10 rings (SSSR count). The van der Waals surface area contributed by atoms with Crippen molar-refractivity contribution in [3.8, 4) is 0 Å². The summed E-state index contributed by atoms with van der Waals surface area (Å²) in [7, 11) is 2.51. The lowest BCUT2D eigenvalue weighted by Gasteiger charge is -2.36. The van der Waals surface area contributed by atoms with Gasteiger partial charge in [0.05, 0.1) is 66.0 Å². The molecule has 4 amide bonds. The van der Waals surface area contributed by atoms with E-state index in [0.29, 0.717) is 93.1 Å². The highest BCUT2D eigenvalue weighted by Gasteiger charge is 2.42. The van der Waals surface area contributed by atoms with Gasteiger partial charge in [0.1, 0.15) is 29.4 Å². The Morgan fingerprint density at radius 2 is 1.04 bits per heavy atom. The predicted molar refractivity (Wildman–Crippen MR) is 287 cm³/mol. The maximum Gasteiger partial charge on any atom is 0.416 e. The van der Waals surface area contributed by atoms with E-state index in [-0.39, 0.29) is 59.4 Å². The lowest BCUT2D eigenvalue weighted by molar-refractivity contribution is -0.138. The van der Waals surface area contributed by atoms with Gasteiger partial charge in [0.2, 0.25) is 11.8 Å². The molecular weight excluding hydrogens is 1030 g/mol. The number of H-pyrrole nitrogens is 2. The molecule has 0 bridgehead atoms. The molecule has 0 radical (unpaired) electrons. The number of rotatable bonds is 13. The molecule has 0 spiro atoms. The first-order valence-electron chi connectivity index (χ1n) is 27.3. The number of nitrogens with one attached hydrogen (secondary N) is 4. The topological polar surface area (TPSA) is 181 Å². The number of halogens is 5. The molecule has 4 aromatic carbocycles. The van der Waals surface area contributed by atoms with Crippen LogP contribution in [0.5, 0.6) is 0 Å². The molecule has 4 N–H and O–H groups in total. The van der Waals surface area contributed by atoms with E-state index in [1.807, 2.05) is 64.1 Å². The van der Waals surface area contributed by atoms with Gasteiger partial charge >= 0.3 is 18.4 Å². The molecule has 2 aromatic heterocycles. The Morgan fingerprint density at radius 1 is 0.595 bits per heavy atom. The van der Waals surface area contributed by atoms with Crippen LogP contribution in [0.4, 0.5) is 42.9 Å². The highest BCUT2D eigenvalue weighted by atomic mass is 19.4. The number of nitrogens with zero attached hydrogens (tertiary/aromatic N) is 6. The summed E-state index contributed by atoms with van der Waals surface area (Å²) in [6.45, 7) is 9.02. The molecule has 4 aliphatic rings. The average Bonchev–Trinajstić information content (AvgIpc) is 4.36. The number of alkyl carbamates (subject to hydrolysis) is 2. The number of aromatic amines is 2. The van der Waals surface area contributed by atoms with Crippen LogP contribution in [0.15, 0.2) is 72.8 Å². The van der Waals surface area contributed by atoms with E-state index in [0.717, 1.165) is 52.7 Å². The second-order valence-corrected chi connectivity index (χ2v) is 22.0. The van der Waals surface area contributed by atoms with Gasteiger partial charge in [0, 0.05) is 31.9 Å². The van der Waals surface area contributed by atoms with Crippen LogP contribution < -0.4 is 20.4 Å². The third kappa shape index (κ3) is 11.0.